The lowest BCUT2D eigenvalue weighted by Crippen LogP contribution is -2.44. The Morgan fingerprint density at radius 3 is 2.26 bits per heavy atom. The molecule has 1 aromatic rings. The third kappa shape index (κ3) is 4.34. The second-order valence-corrected chi connectivity index (χ2v) is 7.01. The van der Waals surface area contributed by atoms with Gasteiger partial charge in [-0.1, -0.05) is 0 Å². The van der Waals surface area contributed by atoms with E-state index in [0.29, 0.717) is 18.9 Å². The highest BCUT2D eigenvalue weighted by atomic mass is 35.5. The van der Waals surface area contributed by atoms with Crippen LogP contribution in [0.1, 0.15) is 18.4 Å². The Balaban J connectivity index is 0.00000264. The number of nitrogens with one attached hydrogen (secondary N) is 1. The van der Waals surface area contributed by atoms with Crippen molar-refractivity contribution in [1.29, 1.82) is 0 Å². The quantitative estimate of drug-likeness (QED) is 0.825. The highest BCUT2D eigenvalue weighted by Crippen LogP contribution is 2.36. The number of nitrogens with zero attached hydrogens (tertiary/aromatic N) is 1. The normalized spacial score (nSPS) is 17.8. The zero-order valence-electron chi connectivity index (χ0n) is 12.2. The van der Waals surface area contributed by atoms with E-state index in [2.05, 4.69) is 5.32 Å². The second kappa shape index (κ2) is 7.33. The highest BCUT2D eigenvalue weighted by Gasteiger charge is 2.40. The Labute approximate surface area is 138 Å². The van der Waals surface area contributed by atoms with Crippen LogP contribution >= 0.6 is 12.4 Å². The molecule has 0 radical (unpaired) electrons. The predicted molar refractivity (Wildman–Crippen MR) is 79.5 cm³/mol. The van der Waals surface area contributed by atoms with Crippen LogP contribution in [0.5, 0.6) is 0 Å². The van der Waals surface area contributed by atoms with Crippen LogP contribution in [0.3, 0.4) is 0 Å². The summed E-state index contributed by atoms with van der Waals surface area (Å²) in [4.78, 5) is -0.899. The Kier molecular flexibility index (Phi) is 6.42. The topological polar surface area (TPSA) is 49.4 Å². The predicted octanol–water partition coefficient (Wildman–Crippen LogP) is 2.64. The van der Waals surface area contributed by atoms with E-state index in [1.807, 2.05) is 0 Å². The third-order valence-electron chi connectivity index (χ3n) is 3.73. The van der Waals surface area contributed by atoms with Gasteiger partial charge in [0, 0.05) is 19.1 Å². The average Bonchev–Trinajstić information content (AvgIpc) is 2.46. The number of halogens is 5. The van der Waals surface area contributed by atoms with Crippen LogP contribution in [0.4, 0.5) is 17.6 Å². The molecule has 2 rings (SSSR count). The van der Waals surface area contributed by atoms with E-state index in [0.717, 1.165) is 10.4 Å². The zero-order valence-corrected chi connectivity index (χ0v) is 13.9. The molecule has 1 aliphatic rings. The number of alkyl halides is 3. The molecule has 1 aliphatic heterocycles. The number of hydrogen-bond acceptors (Lipinski definition) is 3. The molecule has 23 heavy (non-hydrogen) atoms. The van der Waals surface area contributed by atoms with Crippen LogP contribution in [0.15, 0.2) is 23.1 Å². The molecule has 0 bridgehead atoms. The molecule has 10 heteroatoms. The summed E-state index contributed by atoms with van der Waals surface area (Å²) >= 11 is 0. The van der Waals surface area contributed by atoms with Crippen LogP contribution in [-0.4, -0.2) is 38.9 Å². The summed E-state index contributed by atoms with van der Waals surface area (Å²) in [5, 5.41) is 3.01. The van der Waals surface area contributed by atoms with Gasteiger partial charge in [-0.05, 0) is 38.1 Å². The molecule has 1 saturated heterocycles. The molecule has 132 valence electrons. The van der Waals surface area contributed by atoms with E-state index >= 15 is 0 Å². The Hall–Kier alpha value is -0.900. The maximum Gasteiger partial charge on any atom is 0.417 e. The molecule has 1 heterocycles. The van der Waals surface area contributed by atoms with Gasteiger partial charge in [-0.15, -0.1) is 12.4 Å². The van der Waals surface area contributed by atoms with E-state index in [4.69, 9.17) is 0 Å². The molecule has 0 unspecified atom stereocenters. The van der Waals surface area contributed by atoms with Crippen molar-refractivity contribution in [3.8, 4) is 0 Å². The fourth-order valence-corrected chi connectivity index (χ4v) is 4.13. The summed E-state index contributed by atoms with van der Waals surface area (Å²) in [6.07, 6.45) is -3.91. The van der Waals surface area contributed by atoms with Crippen molar-refractivity contribution in [3.05, 3.63) is 29.6 Å². The Morgan fingerprint density at radius 1 is 1.22 bits per heavy atom. The maximum absolute atomic E-state index is 13.1. The van der Waals surface area contributed by atoms with Crippen molar-refractivity contribution in [2.75, 3.05) is 20.1 Å². The van der Waals surface area contributed by atoms with E-state index in [9.17, 15) is 26.0 Å². The largest absolute Gasteiger partial charge is 0.417 e. The smallest absolute Gasteiger partial charge is 0.317 e. The van der Waals surface area contributed by atoms with Crippen LogP contribution in [-0.2, 0) is 16.2 Å². The van der Waals surface area contributed by atoms with Gasteiger partial charge in [0.1, 0.15) is 5.82 Å². The summed E-state index contributed by atoms with van der Waals surface area (Å²) in [5.41, 5.74) is -1.47. The molecule has 1 fully saturated rings. The van der Waals surface area contributed by atoms with E-state index in [-0.39, 0.29) is 37.6 Å². The number of rotatable bonds is 3. The monoisotopic (exact) mass is 376 g/mol. The Morgan fingerprint density at radius 2 is 1.78 bits per heavy atom. The minimum absolute atomic E-state index is 0. The lowest BCUT2D eigenvalue weighted by Gasteiger charge is -2.31. The van der Waals surface area contributed by atoms with Gasteiger partial charge in [-0.3, -0.25) is 0 Å². The van der Waals surface area contributed by atoms with Crippen molar-refractivity contribution in [2.24, 2.45) is 0 Å². The van der Waals surface area contributed by atoms with Gasteiger partial charge in [-0.25, -0.2) is 12.8 Å². The molecule has 0 aromatic heterocycles. The summed E-state index contributed by atoms with van der Waals surface area (Å²) in [6.45, 7) is 0.255. The lowest BCUT2D eigenvalue weighted by atomic mass is 10.1. The summed E-state index contributed by atoms with van der Waals surface area (Å²) in [5.74, 6) is -1.12. The first-order chi connectivity index (χ1) is 10.2. The second-order valence-electron chi connectivity index (χ2n) is 5.11. The first kappa shape index (κ1) is 20.1. The minimum atomic E-state index is -4.94. The molecule has 1 N–H and O–H groups in total. The summed E-state index contributed by atoms with van der Waals surface area (Å²) < 4.78 is 77.9. The molecule has 0 spiro atoms. The number of hydrogen-bond donors (Lipinski definition) is 1. The molecule has 0 atom stereocenters. The first-order valence-electron chi connectivity index (χ1n) is 6.70. The van der Waals surface area contributed by atoms with Gasteiger partial charge in [0.05, 0.1) is 10.5 Å². The van der Waals surface area contributed by atoms with Gasteiger partial charge in [-0.2, -0.15) is 17.5 Å². The van der Waals surface area contributed by atoms with E-state index in [1.54, 1.807) is 7.05 Å². The van der Waals surface area contributed by atoms with E-state index in [1.165, 1.54) is 0 Å². The lowest BCUT2D eigenvalue weighted by molar-refractivity contribution is -0.140. The zero-order chi connectivity index (χ0) is 16.5. The summed E-state index contributed by atoms with van der Waals surface area (Å²) in [7, 11) is -2.56. The SMILES string of the molecule is CNC1CCN(S(=O)(=O)c2ccc(F)cc2C(F)(F)F)CC1.Cl. The standard InChI is InChI=1S/C13H16F4N2O2S.ClH/c1-18-10-4-6-19(7-5-10)22(20,21)12-3-2-9(14)8-11(12)13(15,16)17;/h2-3,8,10,18H,4-7H2,1H3;1H. The summed E-state index contributed by atoms with van der Waals surface area (Å²) in [6, 6.07) is 1.76. The van der Waals surface area contributed by atoms with Gasteiger partial charge >= 0.3 is 6.18 Å². The van der Waals surface area contributed by atoms with Crippen molar-refractivity contribution in [2.45, 2.75) is 30.0 Å². The Bertz CT molecular complexity index is 644. The molecular weight excluding hydrogens is 360 g/mol. The molecule has 0 amide bonds. The molecule has 4 nitrogen and oxygen atoms in total. The van der Waals surface area contributed by atoms with E-state index < -0.39 is 32.5 Å². The minimum Gasteiger partial charge on any atom is -0.317 e. The number of piperidine rings is 1. The fourth-order valence-electron chi connectivity index (χ4n) is 2.47. The van der Waals surface area contributed by atoms with Gasteiger partial charge in [0.25, 0.3) is 0 Å². The van der Waals surface area contributed by atoms with Crippen LogP contribution in [0, 0.1) is 5.82 Å². The molecular formula is C13H17ClF4N2O2S. The maximum atomic E-state index is 13.1. The van der Waals surface area contributed by atoms with Crippen molar-refractivity contribution in [3.63, 3.8) is 0 Å². The van der Waals surface area contributed by atoms with Crippen LogP contribution in [0.2, 0.25) is 0 Å². The number of sulfonamides is 1. The van der Waals surface area contributed by atoms with Crippen molar-refractivity contribution >= 4 is 22.4 Å². The van der Waals surface area contributed by atoms with Gasteiger partial charge < -0.3 is 5.32 Å². The van der Waals surface area contributed by atoms with Crippen molar-refractivity contribution < 1.29 is 26.0 Å². The van der Waals surface area contributed by atoms with Crippen LogP contribution in [0.25, 0.3) is 0 Å². The third-order valence-corrected chi connectivity index (χ3v) is 5.68. The van der Waals surface area contributed by atoms with Crippen molar-refractivity contribution in [1.82, 2.24) is 9.62 Å². The van der Waals surface area contributed by atoms with Gasteiger partial charge in [0.15, 0.2) is 0 Å². The first-order valence-corrected chi connectivity index (χ1v) is 8.14. The highest BCUT2D eigenvalue weighted by molar-refractivity contribution is 7.89. The molecule has 0 aliphatic carbocycles. The molecule has 1 aromatic carbocycles. The molecule has 0 saturated carbocycles. The number of benzene rings is 1. The fraction of sp³-hybridized carbons (Fsp3) is 0.538. The average molecular weight is 377 g/mol. The van der Waals surface area contributed by atoms with Gasteiger partial charge in [0.2, 0.25) is 10.0 Å². The van der Waals surface area contributed by atoms with Crippen LogP contribution < -0.4 is 5.32 Å².